The average molecular weight is 622 g/mol. The van der Waals surface area contributed by atoms with Gasteiger partial charge in [-0.2, -0.15) is 0 Å². The largest absolute Gasteiger partial charge is 0.248 e. The van der Waals surface area contributed by atoms with Crippen molar-refractivity contribution in [2.75, 3.05) is 0 Å². The predicted molar refractivity (Wildman–Crippen MR) is 202 cm³/mol. The van der Waals surface area contributed by atoms with Gasteiger partial charge < -0.3 is 0 Å². The maximum absolute atomic E-state index is 5.38. The van der Waals surface area contributed by atoms with Crippen LogP contribution in [0.5, 0.6) is 0 Å². The molecule has 0 N–H and O–H groups in total. The van der Waals surface area contributed by atoms with Crippen LogP contribution in [-0.4, -0.2) is 4.98 Å². The first-order valence-electron chi connectivity index (χ1n) is 17.0. The van der Waals surface area contributed by atoms with Crippen molar-refractivity contribution in [1.82, 2.24) is 4.98 Å². The van der Waals surface area contributed by atoms with Gasteiger partial charge in [-0.3, -0.25) is 0 Å². The molecule has 10 rings (SSSR count). The Bertz CT molecular complexity index is 2460. The van der Waals surface area contributed by atoms with Crippen molar-refractivity contribution in [3.8, 4) is 67.0 Å². The van der Waals surface area contributed by atoms with Crippen molar-refractivity contribution in [3.63, 3.8) is 0 Å². The zero-order valence-corrected chi connectivity index (χ0v) is 26.8. The molecule has 1 heterocycles. The minimum absolute atomic E-state index is 0.387. The van der Waals surface area contributed by atoms with Crippen LogP contribution in [0.1, 0.15) is 22.3 Å². The summed E-state index contributed by atoms with van der Waals surface area (Å²) in [6.45, 7) is 0. The highest BCUT2D eigenvalue weighted by molar-refractivity contribution is 5.96. The van der Waals surface area contributed by atoms with Crippen LogP contribution < -0.4 is 0 Å². The van der Waals surface area contributed by atoms with E-state index in [9.17, 15) is 0 Å². The number of pyridine rings is 1. The van der Waals surface area contributed by atoms with E-state index in [1.807, 2.05) is 0 Å². The summed E-state index contributed by atoms with van der Waals surface area (Å²) in [5.74, 6) is 0. The van der Waals surface area contributed by atoms with Gasteiger partial charge in [0, 0.05) is 11.1 Å². The van der Waals surface area contributed by atoms with Gasteiger partial charge in [0.1, 0.15) is 0 Å². The summed E-state index contributed by atoms with van der Waals surface area (Å²) in [7, 11) is 0. The zero-order valence-electron chi connectivity index (χ0n) is 26.8. The number of aromatic nitrogens is 1. The number of nitrogens with zero attached hydrogens (tertiary/aromatic N) is 1. The minimum atomic E-state index is -0.387. The van der Waals surface area contributed by atoms with Crippen LogP contribution in [0.25, 0.3) is 67.0 Å². The summed E-state index contributed by atoms with van der Waals surface area (Å²) >= 11 is 0. The first kappa shape index (κ1) is 27.8. The molecule has 0 fully saturated rings. The van der Waals surface area contributed by atoms with Crippen LogP contribution in [-0.2, 0) is 5.41 Å². The van der Waals surface area contributed by atoms with Crippen LogP contribution in [0, 0.1) is 0 Å². The highest BCUT2D eigenvalue weighted by Gasteiger charge is 2.51. The quantitative estimate of drug-likeness (QED) is 0.191. The van der Waals surface area contributed by atoms with Crippen molar-refractivity contribution in [3.05, 3.63) is 210 Å². The fourth-order valence-corrected chi connectivity index (χ4v) is 8.34. The molecule has 7 aromatic carbocycles. The lowest BCUT2D eigenvalue weighted by atomic mass is 9.70. The van der Waals surface area contributed by atoms with Gasteiger partial charge >= 0.3 is 0 Å². The fourth-order valence-electron chi connectivity index (χ4n) is 8.34. The molecule has 1 spiro atoms. The molecule has 0 unspecified atom stereocenters. The molecule has 0 radical (unpaired) electrons. The van der Waals surface area contributed by atoms with Crippen molar-refractivity contribution < 1.29 is 0 Å². The van der Waals surface area contributed by atoms with Crippen LogP contribution in [0.3, 0.4) is 0 Å². The van der Waals surface area contributed by atoms with E-state index in [-0.39, 0.29) is 5.41 Å². The van der Waals surface area contributed by atoms with E-state index in [4.69, 9.17) is 4.98 Å². The van der Waals surface area contributed by atoms with Gasteiger partial charge in [-0.15, -0.1) is 0 Å². The van der Waals surface area contributed by atoms with Gasteiger partial charge in [0.25, 0.3) is 0 Å². The Hall–Kier alpha value is -6.31. The molecule has 1 aromatic heterocycles. The lowest BCUT2D eigenvalue weighted by molar-refractivity contribution is 0.794. The van der Waals surface area contributed by atoms with Gasteiger partial charge in [-0.05, 0) is 85.0 Å². The summed E-state index contributed by atoms with van der Waals surface area (Å²) in [6.07, 6.45) is 0. The van der Waals surface area contributed by atoms with E-state index in [0.717, 1.165) is 28.1 Å². The smallest absolute Gasteiger partial charge is 0.0725 e. The molecule has 0 amide bonds. The summed E-state index contributed by atoms with van der Waals surface area (Å²) < 4.78 is 0. The lowest BCUT2D eigenvalue weighted by Gasteiger charge is -2.30. The van der Waals surface area contributed by atoms with Crippen LogP contribution in [0.2, 0.25) is 0 Å². The van der Waals surface area contributed by atoms with E-state index < -0.39 is 0 Å². The number of fused-ring (bicyclic) bond motifs is 10. The molecule has 2 aliphatic carbocycles. The van der Waals surface area contributed by atoms with E-state index in [2.05, 4.69) is 188 Å². The van der Waals surface area contributed by atoms with E-state index in [1.165, 1.54) is 61.2 Å². The highest BCUT2D eigenvalue weighted by atomic mass is 14.7. The number of hydrogen-bond acceptors (Lipinski definition) is 1. The van der Waals surface area contributed by atoms with Crippen LogP contribution >= 0.6 is 0 Å². The number of benzene rings is 7. The third kappa shape index (κ3) is 4.16. The molecule has 1 nitrogen and oxygen atoms in total. The molecule has 228 valence electrons. The SMILES string of the molecule is c1ccc(-c2ccc(-c3cc(-c4ccccc4)cc(-c4ccc5c(c4)C4(c6ccccc6-c6ccccc64)c4ccccc4-5)n3)cc2)cc1. The van der Waals surface area contributed by atoms with Gasteiger partial charge in [0.05, 0.1) is 16.8 Å². The van der Waals surface area contributed by atoms with Crippen molar-refractivity contribution in [2.24, 2.45) is 0 Å². The Morgan fingerprint density at radius 1 is 0.265 bits per heavy atom. The first-order chi connectivity index (χ1) is 24.3. The van der Waals surface area contributed by atoms with Gasteiger partial charge in [-0.25, -0.2) is 4.98 Å². The Morgan fingerprint density at radius 3 is 1.20 bits per heavy atom. The summed E-state index contributed by atoms with van der Waals surface area (Å²) in [5.41, 5.74) is 19.1. The molecule has 2 aliphatic rings. The standard InChI is InChI=1S/C48H31N/c1-3-13-32(14-4-1)34-23-25-35(26-24-34)46-30-37(33-15-5-2-6-16-33)31-47(49-46)36-27-28-41-40-19-9-12-22-44(40)48(45(41)29-36)42-20-10-7-17-38(42)39-18-8-11-21-43(39)48/h1-31H. The molecular weight excluding hydrogens is 591 g/mol. The molecule has 8 aromatic rings. The van der Waals surface area contributed by atoms with Crippen LogP contribution in [0.15, 0.2) is 188 Å². The normalized spacial score (nSPS) is 13.1. The Kier molecular flexibility index (Phi) is 6.16. The third-order valence-electron chi connectivity index (χ3n) is 10.5. The molecule has 0 saturated carbocycles. The lowest BCUT2D eigenvalue weighted by Crippen LogP contribution is -2.25. The zero-order chi connectivity index (χ0) is 32.4. The monoisotopic (exact) mass is 621 g/mol. The second-order valence-corrected chi connectivity index (χ2v) is 13.1. The molecule has 49 heavy (non-hydrogen) atoms. The summed E-state index contributed by atoms with van der Waals surface area (Å²) in [5, 5.41) is 0. The fraction of sp³-hybridized carbons (Fsp3) is 0.0208. The van der Waals surface area contributed by atoms with Crippen molar-refractivity contribution in [1.29, 1.82) is 0 Å². The van der Waals surface area contributed by atoms with Gasteiger partial charge in [0.15, 0.2) is 0 Å². The second kappa shape index (κ2) is 10.9. The predicted octanol–water partition coefficient (Wildman–Crippen LogP) is 12.1. The van der Waals surface area contributed by atoms with E-state index in [0.29, 0.717) is 0 Å². The Balaban J connectivity index is 1.18. The Labute approximate surface area is 286 Å². The number of hydrogen-bond donors (Lipinski definition) is 0. The second-order valence-electron chi connectivity index (χ2n) is 13.1. The third-order valence-corrected chi connectivity index (χ3v) is 10.5. The molecule has 0 bridgehead atoms. The summed E-state index contributed by atoms with van der Waals surface area (Å²) in [4.78, 5) is 5.38. The molecule has 1 heteroatoms. The maximum Gasteiger partial charge on any atom is 0.0725 e. The maximum atomic E-state index is 5.38. The van der Waals surface area contributed by atoms with E-state index >= 15 is 0 Å². The molecular formula is C48H31N. The first-order valence-corrected chi connectivity index (χ1v) is 17.0. The highest BCUT2D eigenvalue weighted by Crippen LogP contribution is 2.63. The van der Waals surface area contributed by atoms with E-state index in [1.54, 1.807) is 0 Å². The van der Waals surface area contributed by atoms with Crippen LogP contribution in [0.4, 0.5) is 0 Å². The van der Waals surface area contributed by atoms with Crippen molar-refractivity contribution >= 4 is 0 Å². The average Bonchev–Trinajstić information content (AvgIpc) is 3.66. The summed E-state index contributed by atoms with van der Waals surface area (Å²) in [6, 6.07) is 68.4. The molecule has 0 atom stereocenters. The van der Waals surface area contributed by atoms with Gasteiger partial charge in [0.2, 0.25) is 0 Å². The topological polar surface area (TPSA) is 12.9 Å². The molecule has 0 aliphatic heterocycles. The minimum Gasteiger partial charge on any atom is -0.248 e. The van der Waals surface area contributed by atoms with Crippen molar-refractivity contribution in [2.45, 2.75) is 5.41 Å². The number of rotatable bonds is 4. The Morgan fingerprint density at radius 2 is 0.653 bits per heavy atom. The molecule has 0 saturated heterocycles. The van der Waals surface area contributed by atoms with Gasteiger partial charge in [-0.1, -0.05) is 170 Å².